The van der Waals surface area contributed by atoms with Crippen LogP contribution >= 0.6 is 0 Å². The van der Waals surface area contributed by atoms with Crippen molar-refractivity contribution >= 4 is 0 Å². The van der Waals surface area contributed by atoms with Crippen molar-refractivity contribution in [1.29, 1.82) is 0 Å². The SMILES string of the molecule is CNC(C)c1noc(-c2ccccn2)n1. The first kappa shape index (κ1) is 9.79. The van der Waals surface area contributed by atoms with E-state index in [9.17, 15) is 0 Å². The first-order chi connectivity index (χ1) is 7.31. The van der Waals surface area contributed by atoms with Crippen LogP contribution in [0.5, 0.6) is 0 Å². The van der Waals surface area contributed by atoms with Crippen molar-refractivity contribution in [3.8, 4) is 11.6 Å². The molecule has 1 N–H and O–H groups in total. The van der Waals surface area contributed by atoms with Gasteiger partial charge < -0.3 is 9.84 Å². The monoisotopic (exact) mass is 204 g/mol. The molecule has 0 aliphatic carbocycles. The molecular formula is C10H12N4O. The molecule has 0 fully saturated rings. The van der Waals surface area contributed by atoms with Gasteiger partial charge in [-0.15, -0.1) is 0 Å². The zero-order valence-electron chi connectivity index (χ0n) is 8.64. The van der Waals surface area contributed by atoms with Crippen LogP contribution in [0.4, 0.5) is 0 Å². The van der Waals surface area contributed by atoms with E-state index in [0.29, 0.717) is 17.4 Å². The zero-order valence-corrected chi connectivity index (χ0v) is 8.64. The summed E-state index contributed by atoms with van der Waals surface area (Å²) in [7, 11) is 1.85. The predicted octanol–water partition coefficient (Wildman–Crippen LogP) is 1.41. The highest BCUT2D eigenvalue weighted by molar-refractivity contribution is 5.45. The van der Waals surface area contributed by atoms with E-state index in [1.807, 2.05) is 32.2 Å². The molecule has 78 valence electrons. The molecule has 1 atom stereocenters. The molecule has 15 heavy (non-hydrogen) atoms. The normalized spacial score (nSPS) is 12.7. The number of hydrogen-bond donors (Lipinski definition) is 1. The van der Waals surface area contributed by atoms with Gasteiger partial charge in [-0.05, 0) is 26.1 Å². The summed E-state index contributed by atoms with van der Waals surface area (Å²) in [4.78, 5) is 8.38. The Hall–Kier alpha value is -1.75. The van der Waals surface area contributed by atoms with Crippen molar-refractivity contribution in [1.82, 2.24) is 20.4 Å². The van der Waals surface area contributed by atoms with E-state index in [2.05, 4.69) is 20.4 Å². The van der Waals surface area contributed by atoms with Gasteiger partial charge >= 0.3 is 0 Å². The van der Waals surface area contributed by atoms with E-state index >= 15 is 0 Å². The molecule has 0 radical (unpaired) electrons. The van der Waals surface area contributed by atoms with Gasteiger partial charge in [-0.3, -0.25) is 4.98 Å². The van der Waals surface area contributed by atoms with E-state index in [1.165, 1.54) is 0 Å². The fourth-order valence-corrected chi connectivity index (χ4v) is 1.13. The summed E-state index contributed by atoms with van der Waals surface area (Å²) in [5, 5.41) is 6.92. The van der Waals surface area contributed by atoms with Gasteiger partial charge in [0.2, 0.25) is 0 Å². The molecule has 0 saturated heterocycles. The zero-order chi connectivity index (χ0) is 10.7. The number of aromatic nitrogens is 3. The first-order valence-corrected chi connectivity index (χ1v) is 4.73. The van der Waals surface area contributed by atoms with Crippen LogP contribution in [-0.2, 0) is 0 Å². The second kappa shape index (κ2) is 4.18. The summed E-state index contributed by atoms with van der Waals surface area (Å²) in [6.45, 7) is 1.97. The van der Waals surface area contributed by atoms with Gasteiger partial charge in [-0.25, -0.2) is 0 Å². The molecular weight excluding hydrogens is 192 g/mol. The largest absolute Gasteiger partial charge is 0.332 e. The van der Waals surface area contributed by atoms with Crippen molar-refractivity contribution in [2.45, 2.75) is 13.0 Å². The molecule has 0 aliphatic heterocycles. The van der Waals surface area contributed by atoms with Crippen molar-refractivity contribution in [3.63, 3.8) is 0 Å². The molecule has 0 amide bonds. The lowest BCUT2D eigenvalue weighted by Crippen LogP contribution is -2.13. The van der Waals surface area contributed by atoms with Crippen LogP contribution in [0.1, 0.15) is 18.8 Å². The minimum atomic E-state index is 0.0752. The highest BCUT2D eigenvalue weighted by Gasteiger charge is 2.13. The van der Waals surface area contributed by atoms with Crippen LogP contribution in [0, 0.1) is 0 Å². The molecule has 2 rings (SSSR count). The van der Waals surface area contributed by atoms with Gasteiger partial charge in [0.1, 0.15) is 5.69 Å². The Bertz CT molecular complexity index is 426. The highest BCUT2D eigenvalue weighted by Crippen LogP contribution is 2.15. The van der Waals surface area contributed by atoms with Crippen LogP contribution in [0.25, 0.3) is 11.6 Å². The van der Waals surface area contributed by atoms with Gasteiger partial charge in [0, 0.05) is 6.20 Å². The topological polar surface area (TPSA) is 63.8 Å². The van der Waals surface area contributed by atoms with Crippen molar-refractivity contribution in [2.24, 2.45) is 0 Å². The Morgan fingerprint density at radius 1 is 1.40 bits per heavy atom. The summed E-state index contributed by atoms with van der Waals surface area (Å²) in [5.41, 5.74) is 0.694. The van der Waals surface area contributed by atoms with Crippen LogP contribution in [0.2, 0.25) is 0 Å². The molecule has 0 aliphatic rings. The molecule has 0 aromatic carbocycles. The van der Waals surface area contributed by atoms with Crippen molar-refractivity contribution in [2.75, 3.05) is 7.05 Å². The molecule has 0 saturated carbocycles. The maximum absolute atomic E-state index is 5.11. The summed E-state index contributed by atoms with van der Waals surface area (Å²) >= 11 is 0. The molecule has 2 aromatic heterocycles. The number of pyridine rings is 1. The average molecular weight is 204 g/mol. The van der Waals surface area contributed by atoms with Crippen LogP contribution < -0.4 is 5.32 Å². The number of nitrogens with one attached hydrogen (secondary N) is 1. The third kappa shape index (κ3) is 2.02. The van der Waals surface area contributed by atoms with Gasteiger partial charge in [0.15, 0.2) is 5.82 Å². The van der Waals surface area contributed by atoms with E-state index in [-0.39, 0.29) is 6.04 Å². The van der Waals surface area contributed by atoms with Gasteiger partial charge in [-0.1, -0.05) is 11.2 Å². The first-order valence-electron chi connectivity index (χ1n) is 4.73. The Morgan fingerprint density at radius 2 is 2.27 bits per heavy atom. The predicted molar refractivity (Wildman–Crippen MR) is 55.0 cm³/mol. The standard InChI is InChI=1S/C10H12N4O/c1-7(11-2)9-13-10(15-14-9)8-5-3-4-6-12-8/h3-7,11H,1-2H3. The summed E-state index contributed by atoms with van der Waals surface area (Å²) in [5.74, 6) is 1.09. The number of rotatable bonds is 3. The lowest BCUT2D eigenvalue weighted by Gasteiger charge is -2.01. The lowest BCUT2D eigenvalue weighted by atomic mass is 10.3. The van der Waals surface area contributed by atoms with Gasteiger partial charge in [-0.2, -0.15) is 4.98 Å². The van der Waals surface area contributed by atoms with Gasteiger partial charge in [0.25, 0.3) is 5.89 Å². The summed E-state index contributed by atoms with van der Waals surface area (Å²) in [6.07, 6.45) is 1.70. The second-order valence-corrected chi connectivity index (χ2v) is 3.18. The lowest BCUT2D eigenvalue weighted by molar-refractivity contribution is 0.412. The third-order valence-corrected chi connectivity index (χ3v) is 2.15. The van der Waals surface area contributed by atoms with Crippen LogP contribution in [-0.4, -0.2) is 22.2 Å². The fourth-order valence-electron chi connectivity index (χ4n) is 1.13. The second-order valence-electron chi connectivity index (χ2n) is 3.18. The fraction of sp³-hybridized carbons (Fsp3) is 0.300. The molecule has 0 bridgehead atoms. The maximum atomic E-state index is 5.11. The van der Waals surface area contributed by atoms with E-state index < -0.39 is 0 Å². The minimum absolute atomic E-state index is 0.0752. The molecule has 0 spiro atoms. The summed E-state index contributed by atoms with van der Waals surface area (Å²) < 4.78 is 5.11. The average Bonchev–Trinajstić information content (AvgIpc) is 2.78. The van der Waals surface area contributed by atoms with E-state index in [4.69, 9.17) is 4.52 Å². The quantitative estimate of drug-likeness (QED) is 0.819. The maximum Gasteiger partial charge on any atom is 0.276 e. The number of hydrogen-bond acceptors (Lipinski definition) is 5. The van der Waals surface area contributed by atoms with Crippen LogP contribution in [0.3, 0.4) is 0 Å². The Labute approximate surface area is 87.5 Å². The van der Waals surface area contributed by atoms with Crippen LogP contribution in [0.15, 0.2) is 28.9 Å². The number of nitrogens with zero attached hydrogens (tertiary/aromatic N) is 3. The molecule has 5 heteroatoms. The van der Waals surface area contributed by atoms with Gasteiger partial charge in [0.05, 0.1) is 6.04 Å². The van der Waals surface area contributed by atoms with Crippen molar-refractivity contribution in [3.05, 3.63) is 30.2 Å². The molecule has 5 nitrogen and oxygen atoms in total. The Kier molecular flexibility index (Phi) is 2.73. The summed E-state index contributed by atoms with van der Waals surface area (Å²) in [6, 6.07) is 5.64. The minimum Gasteiger partial charge on any atom is -0.332 e. The molecule has 2 aromatic rings. The Balaban J connectivity index is 2.28. The van der Waals surface area contributed by atoms with E-state index in [1.54, 1.807) is 6.20 Å². The molecule has 1 unspecified atom stereocenters. The smallest absolute Gasteiger partial charge is 0.276 e. The van der Waals surface area contributed by atoms with Crippen molar-refractivity contribution < 1.29 is 4.52 Å². The molecule has 2 heterocycles. The van der Waals surface area contributed by atoms with E-state index in [0.717, 1.165) is 0 Å². The third-order valence-electron chi connectivity index (χ3n) is 2.15. The Morgan fingerprint density at radius 3 is 2.93 bits per heavy atom. The highest BCUT2D eigenvalue weighted by atomic mass is 16.5.